The van der Waals surface area contributed by atoms with E-state index in [9.17, 15) is 13.2 Å². The molecule has 0 aromatic heterocycles. The Hall–Kier alpha value is -1.86. The van der Waals surface area contributed by atoms with Crippen LogP contribution in [0.5, 0.6) is 0 Å². The molecule has 1 unspecified atom stereocenters. The van der Waals surface area contributed by atoms with Gasteiger partial charge < -0.3 is 15.0 Å². The molecule has 1 aromatic rings. The molecule has 144 valence electrons. The molecule has 1 N–H and O–H groups in total. The summed E-state index contributed by atoms with van der Waals surface area (Å²) >= 11 is 0. The minimum absolute atomic E-state index is 0.0624. The van der Waals surface area contributed by atoms with E-state index in [1.54, 1.807) is 6.92 Å². The SMILES string of the molecule is CCO[C@H]1CCN(C(=O)NC(C)/C=C/S(C)(=O)=O)[C@@H](c2ccccc2)C1. The van der Waals surface area contributed by atoms with Crippen LogP contribution in [-0.2, 0) is 14.6 Å². The fourth-order valence-electron chi connectivity index (χ4n) is 3.14. The van der Waals surface area contributed by atoms with Crippen molar-refractivity contribution < 1.29 is 17.9 Å². The molecule has 0 bridgehead atoms. The van der Waals surface area contributed by atoms with Crippen LogP contribution in [0.3, 0.4) is 0 Å². The van der Waals surface area contributed by atoms with E-state index < -0.39 is 9.84 Å². The zero-order valence-corrected chi connectivity index (χ0v) is 16.4. The third kappa shape index (κ3) is 6.14. The number of carbonyl (C=O) groups is 1. The monoisotopic (exact) mass is 380 g/mol. The Morgan fingerprint density at radius 3 is 2.69 bits per heavy atom. The summed E-state index contributed by atoms with van der Waals surface area (Å²) in [6, 6.07) is 9.29. The molecule has 2 rings (SSSR count). The van der Waals surface area contributed by atoms with Crippen molar-refractivity contribution >= 4 is 15.9 Å². The minimum atomic E-state index is -3.21. The van der Waals surface area contributed by atoms with Crippen molar-refractivity contribution in [3.63, 3.8) is 0 Å². The van der Waals surface area contributed by atoms with Gasteiger partial charge in [-0.25, -0.2) is 13.2 Å². The summed E-state index contributed by atoms with van der Waals surface area (Å²) in [7, 11) is -3.21. The van der Waals surface area contributed by atoms with Gasteiger partial charge in [0.25, 0.3) is 0 Å². The highest BCUT2D eigenvalue weighted by Crippen LogP contribution is 2.32. The van der Waals surface area contributed by atoms with Crippen molar-refractivity contribution in [2.24, 2.45) is 0 Å². The number of ether oxygens (including phenoxy) is 1. The molecule has 1 saturated heterocycles. The van der Waals surface area contributed by atoms with Gasteiger partial charge in [-0.1, -0.05) is 36.4 Å². The summed E-state index contributed by atoms with van der Waals surface area (Å²) < 4.78 is 28.3. The van der Waals surface area contributed by atoms with Crippen LogP contribution in [0.4, 0.5) is 4.79 Å². The smallest absolute Gasteiger partial charge is 0.318 e. The maximum atomic E-state index is 12.8. The van der Waals surface area contributed by atoms with Crippen molar-refractivity contribution in [1.29, 1.82) is 0 Å². The number of piperidine rings is 1. The van der Waals surface area contributed by atoms with Gasteiger partial charge >= 0.3 is 6.03 Å². The Balaban J connectivity index is 2.11. The van der Waals surface area contributed by atoms with Gasteiger partial charge in [0.1, 0.15) is 0 Å². The van der Waals surface area contributed by atoms with E-state index in [1.165, 1.54) is 6.08 Å². The first kappa shape index (κ1) is 20.5. The number of sulfone groups is 1. The Bertz CT molecular complexity index is 718. The molecule has 1 fully saturated rings. The zero-order valence-electron chi connectivity index (χ0n) is 15.6. The third-order valence-corrected chi connectivity index (χ3v) is 5.02. The molecule has 6 nitrogen and oxygen atoms in total. The molecule has 3 atom stereocenters. The fourth-order valence-corrected chi connectivity index (χ4v) is 3.66. The van der Waals surface area contributed by atoms with E-state index >= 15 is 0 Å². The standard InChI is InChI=1S/C19H28N2O4S/c1-4-25-17-10-12-21(18(14-17)16-8-6-5-7-9-16)19(22)20-15(2)11-13-26(3,23)24/h5-9,11,13,15,17-18H,4,10,12,14H2,1-3H3,(H,20,22)/b13-11+/t15?,17-,18+/m0/s1. The molecular formula is C19H28N2O4S. The number of nitrogens with zero attached hydrogens (tertiary/aromatic N) is 1. The minimum Gasteiger partial charge on any atom is -0.378 e. The molecular weight excluding hydrogens is 352 g/mol. The number of nitrogens with one attached hydrogen (secondary N) is 1. The average Bonchev–Trinajstić information content (AvgIpc) is 2.60. The lowest BCUT2D eigenvalue weighted by atomic mass is 9.93. The maximum Gasteiger partial charge on any atom is 0.318 e. The first-order valence-electron chi connectivity index (χ1n) is 8.92. The Morgan fingerprint density at radius 2 is 2.08 bits per heavy atom. The molecule has 26 heavy (non-hydrogen) atoms. The van der Waals surface area contributed by atoms with Crippen molar-refractivity contribution in [3.8, 4) is 0 Å². The summed E-state index contributed by atoms with van der Waals surface area (Å²) in [5, 5.41) is 3.98. The number of hydrogen-bond donors (Lipinski definition) is 1. The van der Waals surface area contributed by atoms with E-state index in [4.69, 9.17) is 4.74 Å². The van der Waals surface area contributed by atoms with E-state index in [0.717, 1.165) is 30.1 Å². The summed E-state index contributed by atoms with van der Waals surface area (Å²) in [4.78, 5) is 14.6. The van der Waals surface area contributed by atoms with E-state index in [2.05, 4.69) is 5.32 Å². The van der Waals surface area contributed by atoms with Gasteiger partial charge in [0.05, 0.1) is 12.1 Å². The second-order valence-electron chi connectivity index (χ2n) is 6.62. The second-order valence-corrected chi connectivity index (χ2v) is 8.55. The number of amides is 2. The number of carbonyl (C=O) groups excluding carboxylic acids is 1. The lowest BCUT2D eigenvalue weighted by Crippen LogP contribution is -2.49. The van der Waals surface area contributed by atoms with Gasteiger partial charge in [0.15, 0.2) is 9.84 Å². The molecule has 1 heterocycles. The van der Waals surface area contributed by atoms with Crippen LogP contribution in [0.2, 0.25) is 0 Å². The highest BCUT2D eigenvalue weighted by atomic mass is 32.2. The van der Waals surface area contributed by atoms with Gasteiger partial charge in [-0.3, -0.25) is 0 Å². The van der Waals surface area contributed by atoms with Gasteiger partial charge in [0, 0.05) is 30.9 Å². The molecule has 0 spiro atoms. The quantitative estimate of drug-likeness (QED) is 0.823. The van der Waals surface area contributed by atoms with Crippen molar-refractivity contribution in [2.45, 2.75) is 44.9 Å². The Morgan fingerprint density at radius 1 is 1.38 bits per heavy atom. The molecule has 1 aliphatic heterocycles. The number of likely N-dealkylation sites (tertiary alicyclic amines) is 1. The van der Waals surface area contributed by atoms with E-state index in [1.807, 2.05) is 42.2 Å². The van der Waals surface area contributed by atoms with Gasteiger partial charge in [-0.2, -0.15) is 0 Å². The topological polar surface area (TPSA) is 75.7 Å². The van der Waals surface area contributed by atoms with Crippen molar-refractivity contribution in [1.82, 2.24) is 10.2 Å². The summed E-state index contributed by atoms with van der Waals surface area (Å²) in [5.74, 6) is 0. The summed E-state index contributed by atoms with van der Waals surface area (Å²) in [6.07, 6.45) is 4.29. The normalized spacial score (nSPS) is 22.3. The first-order chi connectivity index (χ1) is 12.3. The van der Waals surface area contributed by atoms with Crippen LogP contribution in [-0.4, -0.2) is 50.9 Å². The van der Waals surface area contributed by atoms with Crippen LogP contribution >= 0.6 is 0 Å². The predicted molar refractivity (Wildman–Crippen MR) is 103 cm³/mol. The van der Waals surface area contributed by atoms with Crippen LogP contribution in [0.15, 0.2) is 41.8 Å². The fraction of sp³-hybridized carbons (Fsp3) is 0.526. The average molecular weight is 381 g/mol. The highest BCUT2D eigenvalue weighted by Gasteiger charge is 2.33. The molecule has 1 aliphatic rings. The summed E-state index contributed by atoms with van der Waals surface area (Å²) in [6.45, 7) is 4.99. The molecule has 0 aliphatic carbocycles. The van der Waals surface area contributed by atoms with Gasteiger partial charge in [0.2, 0.25) is 0 Å². The Labute approximate surface area is 156 Å². The van der Waals surface area contributed by atoms with Crippen LogP contribution in [0.1, 0.15) is 38.3 Å². The first-order valence-corrected chi connectivity index (χ1v) is 10.9. The van der Waals surface area contributed by atoms with E-state index in [0.29, 0.717) is 13.2 Å². The van der Waals surface area contributed by atoms with Crippen LogP contribution in [0.25, 0.3) is 0 Å². The third-order valence-electron chi connectivity index (χ3n) is 4.37. The number of urea groups is 1. The van der Waals surface area contributed by atoms with Crippen LogP contribution < -0.4 is 5.32 Å². The lowest BCUT2D eigenvalue weighted by molar-refractivity contribution is 0.000762. The largest absolute Gasteiger partial charge is 0.378 e. The van der Waals surface area contributed by atoms with Crippen molar-refractivity contribution in [3.05, 3.63) is 47.4 Å². The molecule has 0 radical (unpaired) electrons. The molecule has 7 heteroatoms. The number of benzene rings is 1. The van der Waals surface area contributed by atoms with Crippen LogP contribution in [0, 0.1) is 0 Å². The second kappa shape index (κ2) is 9.19. The van der Waals surface area contributed by atoms with E-state index in [-0.39, 0.29) is 24.2 Å². The maximum absolute atomic E-state index is 12.8. The highest BCUT2D eigenvalue weighted by molar-refractivity contribution is 7.93. The zero-order chi connectivity index (χ0) is 19.2. The predicted octanol–water partition coefficient (Wildman–Crippen LogP) is 2.89. The van der Waals surface area contributed by atoms with Crippen molar-refractivity contribution in [2.75, 3.05) is 19.4 Å². The number of hydrogen-bond acceptors (Lipinski definition) is 4. The molecule has 2 amide bonds. The number of rotatable bonds is 6. The Kier molecular flexibility index (Phi) is 7.23. The van der Waals surface area contributed by atoms with Gasteiger partial charge in [-0.05, 0) is 32.3 Å². The lowest BCUT2D eigenvalue weighted by Gasteiger charge is -2.40. The van der Waals surface area contributed by atoms with Gasteiger partial charge in [-0.15, -0.1) is 0 Å². The molecule has 1 aromatic carbocycles. The summed E-state index contributed by atoms with van der Waals surface area (Å²) in [5.41, 5.74) is 1.08. The molecule has 0 saturated carbocycles.